The maximum Gasteiger partial charge on any atom is 0.341 e. The standard InChI is InChI=1S/C11H9F2N3O3S2/c12-10(13)21(18,19)8-4-2-1-3-6(8)15-9(17)7-5-20-11(14)16-7/h1-5,10H,(H2,14,16)(H,15,17). The topological polar surface area (TPSA) is 102 Å². The van der Waals surface area contributed by atoms with Gasteiger partial charge in [0.05, 0.1) is 10.6 Å². The third-order valence-electron chi connectivity index (χ3n) is 2.43. The molecule has 0 radical (unpaired) electrons. The lowest BCUT2D eigenvalue weighted by Gasteiger charge is -2.10. The van der Waals surface area contributed by atoms with Crippen molar-refractivity contribution in [1.82, 2.24) is 4.98 Å². The second-order valence-corrected chi connectivity index (χ2v) is 6.60. The van der Waals surface area contributed by atoms with E-state index in [2.05, 4.69) is 10.3 Å². The molecule has 1 amide bonds. The van der Waals surface area contributed by atoms with Gasteiger partial charge in [0.1, 0.15) is 5.69 Å². The minimum atomic E-state index is -4.82. The van der Waals surface area contributed by atoms with Crippen LogP contribution in [0.15, 0.2) is 34.5 Å². The van der Waals surface area contributed by atoms with E-state index in [-0.39, 0.29) is 16.5 Å². The first-order chi connectivity index (χ1) is 9.82. The summed E-state index contributed by atoms with van der Waals surface area (Å²) in [5.74, 6) is -4.31. The van der Waals surface area contributed by atoms with Crippen LogP contribution in [-0.4, -0.2) is 25.1 Å². The van der Waals surface area contributed by atoms with Crippen LogP contribution >= 0.6 is 11.3 Å². The first-order valence-electron chi connectivity index (χ1n) is 5.46. The number of para-hydroxylation sites is 1. The van der Waals surface area contributed by atoms with Crippen LogP contribution < -0.4 is 11.1 Å². The van der Waals surface area contributed by atoms with Crippen molar-refractivity contribution in [2.45, 2.75) is 10.7 Å². The molecule has 2 aromatic rings. The van der Waals surface area contributed by atoms with Crippen LogP contribution in [0.4, 0.5) is 19.6 Å². The van der Waals surface area contributed by atoms with Gasteiger partial charge >= 0.3 is 5.76 Å². The number of sulfone groups is 1. The number of carbonyl (C=O) groups excluding carboxylic acids is 1. The number of rotatable bonds is 4. The van der Waals surface area contributed by atoms with Gasteiger partial charge < -0.3 is 11.1 Å². The Hall–Kier alpha value is -2.07. The number of halogens is 2. The van der Waals surface area contributed by atoms with Crippen molar-refractivity contribution in [2.75, 3.05) is 11.1 Å². The Morgan fingerprint density at radius 1 is 1.33 bits per heavy atom. The fourth-order valence-corrected chi connectivity index (χ4v) is 2.92. The SMILES string of the molecule is Nc1nc(C(=O)Nc2ccccc2S(=O)(=O)C(F)F)cs1. The number of carbonyl (C=O) groups is 1. The molecule has 0 spiro atoms. The van der Waals surface area contributed by atoms with Crippen molar-refractivity contribution in [1.29, 1.82) is 0 Å². The number of benzene rings is 1. The van der Waals surface area contributed by atoms with Crippen LogP contribution in [0.3, 0.4) is 0 Å². The number of alkyl halides is 2. The van der Waals surface area contributed by atoms with Crippen molar-refractivity contribution >= 4 is 37.9 Å². The Morgan fingerprint density at radius 3 is 2.57 bits per heavy atom. The molecule has 0 aliphatic heterocycles. The normalized spacial score (nSPS) is 11.6. The summed E-state index contributed by atoms with van der Waals surface area (Å²) in [5.41, 5.74) is 5.11. The van der Waals surface area contributed by atoms with Gasteiger partial charge in [-0.3, -0.25) is 4.79 Å². The lowest BCUT2D eigenvalue weighted by Crippen LogP contribution is -2.18. The fraction of sp³-hybridized carbons (Fsp3) is 0.0909. The summed E-state index contributed by atoms with van der Waals surface area (Å²) in [6, 6.07) is 4.90. The number of hydrogen-bond acceptors (Lipinski definition) is 6. The summed E-state index contributed by atoms with van der Waals surface area (Å²) in [5, 5.41) is 3.77. The summed E-state index contributed by atoms with van der Waals surface area (Å²) in [7, 11) is -4.82. The highest BCUT2D eigenvalue weighted by molar-refractivity contribution is 7.91. The molecule has 21 heavy (non-hydrogen) atoms. The minimum Gasteiger partial charge on any atom is -0.375 e. The summed E-state index contributed by atoms with van der Waals surface area (Å²) in [6.07, 6.45) is 0. The maximum absolute atomic E-state index is 12.6. The zero-order chi connectivity index (χ0) is 15.6. The number of aromatic nitrogens is 1. The molecule has 0 saturated carbocycles. The number of amides is 1. The smallest absolute Gasteiger partial charge is 0.341 e. The molecule has 1 aromatic carbocycles. The van der Waals surface area contributed by atoms with E-state index in [4.69, 9.17) is 5.73 Å². The highest BCUT2D eigenvalue weighted by Crippen LogP contribution is 2.26. The molecule has 1 aromatic heterocycles. The van der Waals surface area contributed by atoms with E-state index in [0.717, 1.165) is 17.4 Å². The highest BCUT2D eigenvalue weighted by Gasteiger charge is 2.29. The number of nitrogens with zero attached hydrogens (tertiary/aromatic N) is 1. The number of nitrogens with two attached hydrogens (primary N) is 1. The van der Waals surface area contributed by atoms with Crippen LogP contribution in [0.1, 0.15) is 10.5 Å². The fourth-order valence-electron chi connectivity index (χ4n) is 1.49. The first kappa shape index (κ1) is 15.3. The molecule has 0 unspecified atom stereocenters. The number of nitrogens with one attached hydrogen (secondary N) is 1. The summed E-state index contributed by atoms with van der Waals surface area (Å²) in [6.45, 7) is 0. The summed E-state index contributed by atoms with van der Waals surface area (Å²) < 4.78 is 48.3. The average molecular weight is 333 g/mol. The minimum absolute atomic E-state index is 0.0262. The second kappa shape index (κ2) is 5.74. The number of thiazole rings is 1. The predicted molar refractivity (Wildman–Crippen MR) is 74.1 cm³/mol. The molecule has 0 saturated heterocycles. The quantitative estimate of drug-likeness (QED) is 0.890. The summed E-state index contributed by atoms with van der Waals surface area (Å²) in [4.78, 5) is 14.9. The Balaban J connectivity index is 2.36. The van der Waals surface area contributed by atoms with Crippen LogP contribution in [0.2, 0.25) is 0 Å². The number of nitrogen functional groups attached to an aromatic ring is 1. The van der Waals surface area contributed by atoms with Crippen LogP contribution in [0, 0.1) is 0 Å². The molecular weight excluding hydrogens is 324 g/mol. The van der Waals surface area contributed by atoms with Gasteiger partial charge in [0.15, 0.2) is 5.13 Å². The Bertz CT molecular complexity index is 775. The molecule has 0 bridgehead atoms. The zero-order valence-electron chi connectivity index (χ0n) is 10.3. The van der Waals surface area contributed by atoms with Crippen molar-refractivity contribution < 1.29 is 22.0 Å². The first-order valence-corrected chi connectivity index (χ1v) is 7.88. The van der Waals surface area contributed by atoms with E-state index in [1.165, 1.54) is 23.6 Å². The van der Waals surface area contributed by atoms with E-state index in [9.17, 15) is 22.0 Å². The highest BCUT2D eigenvalue weighted by atomic mass is 32.2. The Labute approximate surface area is 122 Å². The summed E-state index contributed by atoms with van der Waals surface area (Å²) >= 11 is 1.03. The number of anilines is 2. The number of hydrogen-bond donors (Lipinski definition) is 2. The predicted octanol–water partition coefficient (Wildman–Crippen LogP) is 1.97. The second-order valence-electron chi connectivity index (χ2n) is 3.83. The molecule has 6 nitrogen and oxygen atoms in total. The van der Waals surface area contributed by atoms with Gasteiger partial charge in [-0.15, -0.1) is 11.3 Å². The molecule has 0 aliphatic rings. The van der Waals surface area contributed by atoms with E-state index < -0.39 is 26.4 Å². The van der Waals surface area contributed by atoms with Gasteiger partial charge in [0.25, 0.3) is 5.91 Å². The molecular formula is C11H9F2N3O3S2. The molecule has 10 heteroatoms. The van der Waals surface area contributed by atoms with Gasteiger partial charge in [-0.05, 0) is 12.1 Å². The van der Waals surface area contributed by atoms with Crippen molar-refractivity contribution in [3.05, 3.63) is 35.3 Å². The van der Waals surface area contributed by atoms with Gasteiger partial charge in [-0.2, -0.15) is 8.78 Å². The molecule has 1 heterocycles. The third-order valence-corrected chi connectivity index (χ3v) is 4.54. The average Bonchev–Trinajstić information content (AvgIpc) is 2.86. The Kier molecular flexibility index (Phi) is 4.19. The van der Waals surface area contributed by atoms with Crippen LogP contribution in [0.5, 0.6) is 0 Å². The lowest BCUT2D eigenvalue weighted by atomic mass is 10.3. The molecule has 0 aliphatic carbocycles. The Morgan fingerprint density at radius 2 is 2.00 bits per heavy atom. The van der Waals surface area contributed by atoms with Gasteiger partial charge in [-0.1, -0.05) is 12.1 Å². The van der Waals surface area contributed by atoms with E-state index in [1.807, 2.05) is 0 Å². The van der Waals surface area contributed by atoms with Crippen LogP contribution in [-0.2, 0) is 9.84 Å². The molecule has 0 atom stereocenters. The molecule has 3 N–H and O–H groups in total. The third kappa shape index (κ3) is 3.16. The molecule has 112 valence electrons. The van der Waals surface area contributed by atoms with Gasteiger partial charge in [0, 0.05) is 5.38 Å². The largest absolute Gasteiger partial charge is 0.375 e. The molecule has 0 fully saturated rings. The van der Waals surface area contributed by atoms with E-state index in [1.54, 1.807) is 0 Å². The van der Waals surface area contributed by atoms with Crippen molar-refractivity contribution in [3.8, 4) is 0 Å². The van der Waals surface area contributed by atoms with E-state index >= 15 is 0 Å². The van der Waals surface area contributed by atoms with Crippen molar-refractivity contribution in [3.63, 3.8) is 0 Å². The monoisotopic (exact) mass is 333 g/mol. The van der Waals surface area contributed by atoms with Crippen LogP contribution in [0.25, 0.3) is 0 Å². The van der Waals surface area contributed by atoms with Gasteiger partial charge in [-0.25, -0.2) is 13.4 Å². The van der Waals surface area contributed by atoms with Gasteiger partial charge in [0.2, 0.25) is 9.84 Å². The van der Waals surface area contributed by atoms with E-state index in [0.29, 0.717) is 0 Å². The lowest BCUT2D eigenvalue weighted by molar-refractivity contribution is 0.102. The zero-order valence-corrected chi connectivity index (χ0v) is 11.9. The van der Waals surface area contributed by atoms with Crippen molar-refractivity contribution in [2.24, 2.45) is 0 Å². The molecule has 2 rings (SSSR count). The maximum atomic E-state index is 12.6.